The minimum Gasteiger partial charge on any atom is -0.452 e. The first-order chi connectivity index (χ1) is 13.5. The van der Waals surface area contributed by atoms with E-state index >= 15 is 0 Å². The maximum absolute atomic E-state index is 12.3. The molecule has 2 atom stereocenters. The van der Waals surface area contributed by atoms with E-state index in [1.54, 1.807) is 24.3 Å². The molecule has 0 bridgehead atoms. The lowest BCUT2D eigenvalue weighted by Crippen LogP contribution is -2.31. The highest BCUT2D eigenvalue weighted by molar-refractivity contribution is 7.84. The third-order valence-corrected chi connectivity index (χ3v) is 5.98. The first-order valence-corrected chi connectivity index (χ1v) is 11.0. The number of rotatable bonds is 6. The molecule has 0 aromatic heterocycles. The van der Waals surface area contributed by atoms with Gasteiger partial charge in [-0.25, -0.2) is 4.79 Å². The van der Waals surface area contributed by atoms with Gasteiger partial charge in [-0.15, -0.1) is 0 Å². The molecule has 0 aliphatic heterocycles. The molecule has 0 unspecified atom stereocenters. The van der Waals surface area contributed by atoms with Gasteiger partial charge in [0, 0.05) is 6.26 Å². The fourth-order valence-electron chi connectivity index (χ4n) is 3.48. The molecular weight excluding hydrogens is 374 g/mol. The Balaban J connectivity index is 1.57. The number of nitrogens with one attached hydrogen (secondary N) is 1. The smallest absolute Gasteiger partial charge is 0.339 e. The second kappa shape index (κ2) is 9.15. The molecule has 1 aliphatic carbocycles. The second-order valence-corrected chi connectivity index (χ2v) is 8.40. The van der Waals surface area contributed by atoms with E-state index < -0.39 is 16.8 Å². The van der Waals surface area contributed by atoms with E-state index in [2.05, 4.69) is 17.4 Å². The highest BCUT2D eigenvalue weighted by atomic mass is 32.2. The van der Waals surface area contributed by atoms with Crippen molar-refractivity contribution in [1.82, 2.24) is 5.32 Å². The number of esters is 1. The normalized spacial score (nSPS) is 15.2. The van der Waals surface area contributed by atoms with Crippen molar-refractivity contribution in [3.05, 3.63) is 64.7 Å². The number of benzene rings is 2. The molecule has 0 fully saturated rings. The zero-order valence-corrected chi connectivity index (χ0v) is 17.0. The highest BCUT2D eigenvalue weighted by Gasteiger charge is 2.18. The fraction of sp³-hybridized carbons (Fsp3) is 0.364. The molecule has 5 nitrogen and oxygen atoms in total. The van der Waals surface area contributed by atoms with Crippen molar-refractivity contribution in [2.75, 3.05) is 12.9 Å². The summed E-state index contributed by atoms with van der Waals surface area (Å²) in [5.41, 5.74) is 4.03. The minimum absolute atomic E-state index is 0.172. The molecule has 28 heavy (non-hydrogen) atoms. The first kappa shape index (κ1) is 20.3. The Hall–Kier alpha value is -2.47. The average molecular weight is 400 g/mol. The van der Waals surface area contributed by atoms with Crippen molar-refractivity contribution in [3.8, 4) is 0 Å². The van der Waals surface area contributed by atoms with Crippen LogP contribution in [0, 0.1) is 0 Å². The van der Waals surface area contributed by atoms with E-state index in [9.17, 15) is 13.8 Å². The van der Waals surface area contributed by atoms with Crippen molar-refractivity contribution in [3.63, 3.8) is 0 Å². The van der Waals surface area contributed by atoms with Gasteiger partial charge >= 0.3 is 5.97 Å². The van der Waals surface area contributed by atoms with E-state index in [0.29, 0.717) is 4.90 Å². The van der Waals surface area contributed by atoms with Crippen LogP contribution in [-0.4, -0.2) is 28.9 Å². The zero-order chi connectivity index (χ0) is 20.1. The lowest BCUT2D eigenvalue weighted by Gasteiger charge is -2.20. The Morgan fingerprint density at radius 3 is 2.57 bits per heavy atom. The molecule has 0 saturated carbocycles. The molecular formula is C22H25NO4S. The van der Waals surface area contributed by atoms with E-state index in [4.69, 9.17) is 4.74 Å². The van der Waals surface area contributed by atoms with Gasteiger partial charge in [-0.3, -0.25) is 9.00 Å². The summed E-state index contributed by atoms with van der Waals surface area (Å²) in [6.45, 7) is 1.54. The van der Waals surface area contributed by atoms with Gasteiger partial charge in [0.1, 0.15) is 0 Å². The molecule has 0 heterocycles. The SMILES string of the molecule is C[C@H](NC(=O)COC(=O)c1ccccc1[S@@](C)=O)c1ccc2c(c1)CCCC2. The Kier molecular flexibility index (Phi) is 6.62. The van der Waals surface area contributed by atoms with E-state index in [0.717, 1.165) is 18.4 Å². The molecule has 3 rings (SSSR count). The average Bonchev–Trinajstić information content (AvgIpc) is 2.71. The van der Waals surface area contributed by atoms with Crippen LogP contribution in [0.15, 0.2) is 47.4 Å². The fourth-order valence-corrected chi connectivity index (χ4v) is 4.22. The molecule has 1 amide bonds. The molecule has 6 heteroatoms. The number of aryl methyl sites for hydroxylation is 2. The number of hydrogen-bond acceptors (Lipinski definition) is 4. The summed E-state index contributed by atoms with van der Waals surface area (Å²) >= 11 is 0. The van der Waals surface area contributed by atoms with Gasteiger partial charge in [0.15, 0.2) is 6.61 Å². The van der Waals surface area contributed by atoms with Crippen LogP contribution in [-0.2, 0) is 33.2 Å². The Morgan fingerprint density at radius 1 is 1.11 bits per heavy atom. The van der Waals surface area contributed by atoms with Crippen molar-refractivity contribution >= 4 is 22.7 Å². The summed E-state index contributed by atoms with van der Waals surface area (Å²) < 4.78 is 16.9. The number of carbonyl (C=O) groups is 2. The topological polar surface area (TPSA) is 72.5 Å². The third kappa shape index (κ3) is 4.87. The maximum Gasteiger partial charge on any atom is 0.339 e. The Bertz CT molecular complexity index is 909. The molecule has 0 spiro atoms. The van der Waals surface area contributed by atoms with E-state index in [1.165, 1.54) is 30.2 Å². The van der Waals surface area contributed by atoms with Crippen LogP contribution in [0.25, 0.3) is 0 Å². The van der Waals surface area contributed by atoms with Gasteiger partial charge < -0.3 is 10.1 Å². The molecule has 148 valence electrons. The quantitative estimate of drug-likeness (QED) is 0.756. The largest absolute Gasteiger partial charge is 0.452 e. The monoisotopic (exact) mass is 399 g/mol. The molecule has 2 aromatic rings. The summed E-state index contributed by atoms with van der Waals surface area (Å²) in [6, 6.07) is 12.7. The van der Waals surface area contributed by atoms with Crippen LogP contribution in [0.4, 0.5) is 0 Å². The van der Waals surface area contributed by atoms with Crippen LogP contribution in [0.1, 0.15) is 52.9 Å². The third-order valence-electron chi connectivity index (χ3n) is 5.00. The maximum atomic E-state index is 12.3. The minimum atomic E-state index is -1.31. The van der Waals surface area contributed by atoms with Crippen molar-refractivity contribution < 1.29 is 18.5 Å². The van der Waals surface area contributed by atoms with E-state index in [-0.39, 0.29) is 24.1 Å². The molecule has 0 saturated heterocycles. The van der Waals surface area contributed by atoms with Crippen LogP contribution in [0.5, 0.6) is 0 Å². The van der Waals surface area contributed by atoms with Crippen LogP contribution < -0.4 is 5.32 Å². The Morgan fingerprint density at radius 2 is 1.82 bits per heavy atom. The van der Waals surface area contributed by atoms with Gasteiger partial charge in [-0.1, -0.05) is 30.3 Å². The van der Waals surface area contributed by atoms with Crippen LogP contribution in [0.3, 0.4) is 0 Å². The van der Waals surface area contributed by atoms with Crippen LogP contribution in [0.2, 0.25) is 0 Å². The standard InChI is InChI=1S/C22H25NO4S/c1-15(17-12-11-16-7-3-4-8-18(16)13-17)23-21(24)14-27-22(25)19-9-5-6-10-20(19)28(2)26/h5-6,9-13,15H,3-4,7-8,14H2,1-2H3,(H,23,24)/t15-,28+/m0/s1. The number of ether oxygens (including phenoxy) is 1. The van der Waals surface area contributed by atoms with Gasteiger partial charge in [-0.05, 0) is 61.4 Å². The van der Waals surface area contributed by atoms with Gasteiger partial charge in [0.25, 0.3) is 5.91 Å². The number of carbonyl (C=O) groups excluding carboxylic acids is 2. The summed E-state index contributed by atoms with van der Waals surface area (Å²) in [4.78, 5) is 24.9. The van der Waals surface area contributed by atoms with Crippen LogP contribution >= 0.6 is 0 Å². The number of fused-ring (bicyclic) bond motifs is 1. The Labute approximate surface area is 167 Å². The second-order valence-electron chi connectivity index (χ2n) is 7.05. The number of hydrogen-bond donors (Lipinski definition) is 1. The summed E-state index contributed by atoms with van der Waals surface area (Å²) in [5.74, 6) is -1.02. The van der Waals surface area contributed by atoms with E-state index in [1.807, 2.05) is 13.0 Å². The molecule has 0 radical (unpaired) electrons. The van der Waals surface area contributed by atoms with Crippen molar-refractivity contribution in [1.29, 1.82) is 0 Å². The summed E-state index contributed by atoms with van der Waals surface area (Å²) in [7, 11) is -1.31. The highest BCUT2D eigenvalue weighted by Crippen LogP contribution is 2.24. The lowest BCUT2D eigenvalue weighted by atomic mass is 9.89. The van der Waals surface area contributed by atoms with Gasteiger partial charge in [0.05, 0.1) is 27.3 Å². The predicted molar refractivity (Wildman–Crippen MR) is 109 cm³/mol. The first-order valence-electron chi connectivity index (χ1n) is 9.46. The molecule has 2 aromatic carbocycles. The van der Waals surface area contributed by atoms with Crippen molar-refractivity contribution in [2.45, 2.75) is 43.5 Å². The van der Waals surface area contributed by atoms with Gasteiger partial charge in [0.2, 0.25) is 0 Å². The summed E-state index contributed by atoms with van der Waals surface area (Å²) in [6.07, 6.45) is 6.14. The molecule has 1 N–H and O–H groups in total. The zero-order valence-electron chi connectivity index (χ0n) is 16.2. The lowest BCUT2D eigenvalue weighted by molar-refractivity contribution is -0.124. The summed E-state index contributed by atoms with van der Waals surface area (Å²) in [5, 5.41) is 2.87. The number of amides is 1. The molecule has 1 aliphatic rings. The predicted octanol–water partition coefficient (Wildman–Crippen LogP) is 3.34. The van der Waals surface area contributed by atoms with Gasteiger partial charge in [-0.2, -0.15) is 0 Å². The van der Waals surface area contributed by atoms with Crippen molar-refractivity contribution in [2.24, 2.45) is 0 Å².